The predicted molar refractivity (Wildman–Crippen MR) is 69.7 cm³/mol. The largest absolute Gasteiger partial charge is 0.394 e. The van der Waals surface area contributed by atoms with Crippen molar-refractivity contribution in [3.8, 4) is 0 Å². The van der Waals surface area contributed by atoms with E-state index in [2.05, 4.69) is 5.32 Å². The summed E-state index contributed by atoms with van der Waals surface area (Å²) in [6.45, 7) is 0.204. The molecule has 0 aromatic carbocycles. The van der Waals surface area contributed by atoms with Crippen LogP contribution in [-0.4, -0.2) is 59.7 Å². The van der Waals surface area contributed by atoms with E-state index in [1.165, 1.54) is 7.11 Å². The van der Waals surface area contributed by atoms with E-state index in [1.807, 2.05) is 17.5 Å². The van der Waals surface area contributed by atoms with E-state index in [1.54, 1.807) is 11.3 Å². The van der Waals surface area contributed by atoms with Crippen LogP contribution in [0.2, 0.25) is 0 Å². The minimum absolute atomic E-state index is 0.328. The highest BCUT2D eigenvalue weighted by Gasteiger charge is 2.44. The summed E-state index contributed by atoms with van der Waals surface area (Å²) >= 11 is 1.59. The van der Waals surface area contributed by atoms with E-state index in [9.17, 15) is 15.3 Å². The lowest BCUT2D eigenvalue weighted by Crippen LogP contribution is -2.63. The van der Waals surface area contributed by atoms with Crippen LogP contribution in [-0.2, 0) is 16.0 Å². The highest BCUT2D eigenvalue weighted by molar-refractivity contribution is 7.09. The van der Waals surface area contributed by atoms with Gasteiger partial charge in [0.05, 0.1) is 12.6 Å². The van der Waals surface area contributed by atoms with Gasteiger partial charge in [0, 0.05) is 18.5 Å². The summed E-state index contributed by atoms with van der Waals surface area (Å²) in [5.41, 5.74) is 0. The quantitative estimate of drug-likeness (QED) is 0.572. The summed E-state index contributed by atoms with van der Waals surface area (Å²) < 4.78 is 10.3. The van der Waals surface area contributed by atoms with Gasteiger partial charge in [0.1, 0.15) is 18.3 Å². The Balaban J connectivity index is 2.01. The molecule has 0 spiro atoms. The Labute approximate surface area is 115 Å². The minimum Gasteiger partial charge on any atom is -0.394 e. The zero-order valence-electron chi connectivity index (χ0n) is 10.6. The molecule has 0 unspecified atom stereocenters. The molecule has 0 saturated carbocycles. The van der Waals surface area contributed by atoms with Gasteiger partial charge in [-0.2, -0.15) is 0 Å². The molecule has 0 aliphatic carbocycles. The zero-order chi connectivity index (χ0) is 13.8. The van der Waals surface area contributed by atoms with Gasteiger partial charge in [0.25, 0.3) is 0 Å². The first kappa shape index (κ1) is 14.9. The molecule has 1 aliphatic heterocycles. The summed E-state index contributed by atoms with van der Waals surface area (Å²) in [4.78, 5) is 1.10. The minimum atomic E-state index is -0.997. The number of rotatable bonds is 5. The molecule has 0 amide bonds. The second-order valence-electron chi connectivity index (χ2n) is 4.43. The molecule has 6 nitrogen and oxygen atoms in total. The van der Waals surface area contributed by atoms with Crippen molar-refractivity contribution < 1.29 is 24.8 Å². The molecule has 2 heterocycles. The molecular formula is C12H19NO5S. The zero-order valence-corrected chi connectivity index (χ0v) is 11.4. The van der Waals surface area contributed by atoms with E-state index in [4.69, 9.17) is 9.47 Å². The van der Waals surface area contributed by atoms with E-state index in [0.717, 1.165) is 4.88 Å². The number of ether oxygens (including phenoxy) is 2. The van der Waals surface area contributed by atoms with Gasteiger partial charge in [-0.3, -0.25) is 0 Å². The molecule has 1 aliphatic rings. The third-order valence-electron chi connectivity index (χ3n) is 3.21. The molecule has 1 fully saturated rings. The van der Waals surface area contributed by atoms with Crippen molar-refractivity contribution in [3.05, 3.63) is 22.4 Å². The lowest BCUT2D eigenvalue weighted by atomic mass is 9.96. The highest BCUT2D eigenvalue weighted by atomic mass is 32.1. The van der Waals surface area contributed by atoms with Crippen LogP contribution in [0.1, 0.15) is 4.88 Å². The normalized spacial score (nSPS) is 35.5. The monoisotopic (exact) mass is 289 g/mol. The number of nitrogens with one attached hydrogen (secondary N) is 1. The Kier molecular flexibility index (Phi) is 5.28. The summed E-state index contributed by atoms with van der Waals surface area (Å²) in [5, 5.41) is 34.4. The Morgan fingerprint density at radius 2 is 2.21 bits per heavy atom. The summed E-state index contributed by atoms with van der Waals surface area (Å²) in [7, 11) is 1.41. The third kappa shape index (κ3) is 3.32. The number of aliphatic hydroxyl groups is 3. The first-order chi connectivity index (χ1) is 9.17. The van der Waals surface area contributed by atoms with Crippen molar-refractivity contribution in [1.82, 2.24) is 5.32 Å². The Bertz CT molecular complexity index is 358. The smallest absolute Gasteiger partial charge is 0.185 e. The molecule has 19 heavy (non-hydrogen) atoms. The topological polar surface area (TPSA) is 91.2 Å². The Morgan fingerprint density at radius 1 is 1.42 bits per heavy atom. The fourth-order valence-electron chi connectivity index (χ4n) is 2.15. The van der Waals surface area contributed by atoms with Crippen LogP contribution in [0.5, 0.6) is 0 Å². The SMILES string of the molecule is CO[C@H]1O[C@H](CO)[C@@H](O)[C@H](NCc2cccs2)[C@H]1O. The maximum absolute atomic E-state index is 10.1. The van der Waals surface area contributed by atoms with Gasteiger partial charge in [-0.05, 0) is 11.4 Å². The summed E-state index contributed by atoms with van der Waals surface area (Å²) in [6, 6.07) is 3.29. The van der Waals surface area contributed by atoms with Crippen LogP contribution in [0, 0.1) is 0 Å². The first-order valence-corrected chi connectivity index (χ1v) is 6.96. The van der Waals surface area contributed by atoms with Gasteiger partial charge in [-0.15, -0.1) is 11.3 Å². The number of aliphatic hydroxyl groups excluding tert-OH is 3. The van der Waals surface area contributed by atoms with Crippen molar-refractivity contribution in [3.63, 3.8) is 0 Å². The molecule has 4 N–H and O–H groups in total. The summed E-state index contributed by atoms with van der Waals surface area (Å²) in [6.07, 6.45) is -3.62. The maximum Gasteiger partial charge on any atom is 0.185 e. The predicted octanol–water partition coefficient (Wildman–Crippen LogP) is -0.708. The van der Waals surface area contributed by atoms with Crippen molar-refractivity contribution in [2.75, 3.05) is 13.7 Å². The van der Waals surface area contributed by atoms with E-state index in [0.29, 0.717) is 6.54 Å². The first-order valence-electron chi connectivity index (χ1n) is 6.08. The van der Waals surface area contributed by atoms with Crippen LogP contribution in [0.4, 0.5) is 0 Å². The molecule has 5 atom stereocenters. The van der Waals surface area contributed by atoms with Crippen molar-refractivity contribution in [2.24, 2.45) is 0 Å². The average Bonchev–Trinajstić information content (AvgIpc) is 2.92. The van der Waals surface area contributed by atoms with E-state index >= 15 is 0 Å². The van der Waals surface area contributed by atoms with Crippen molar-refractivity contribution in [2.45, 2.75) is 37.2 Å². The third-order valence-corrected chi connectivity index (χ3v) is 4.09. The molecule has 1 aromatic heterocycles. The van der Waals surface area contributed by atoms with Gasteiger partial charge in [0.2, 0.25) is 0 Å². The molecule has 7 heteroatoms. The molecule has 1 saturated heterocycles. The number of thiophene rings is 1. The molecule has 0 bridgehead atoms. The standard InChI is InChI=1S/C12H19NO5S/c1-17-12-11(16)9(10(15)8(6-14)18-12)13-5-7-3-2-4-19-7/h2-4,8-16H,5-6H2,1H3/t8-,9+,10-,11-,12+/m1/s1. The second kappa shape index (κ2) is 6.76. The number of hydrogen-bond donors (Lipinski definition) is 4. The van der Waals surface area contributed by atoms with Gasteiger partial charge in [0.15, 0.2) is 6.29 Å². The molecular weight excluding hydrogens is 270 g/mol. The van der Waals surface area contributed by atoms with Gasteiger partial charge >= 0.3 is 0 Å². The second-order valence-corrected chi connectivity index (χ2v) is 5.46. The van der Waals surface area contributed by atoms with Gasteiger partial charge < -0.3 is 30.1 Å². The van der Waals surface area contributed by atoms with E-state index < -0.39 is 30.6 Å². The van der Waals surface area contributed by atoms with E-state index in [-0.39, 0.29) is 6.61 Å². The number of hydrogen-bond acceptors (Lipinski definition) is 7. The van der Waals surface area contributed by atoms with Crippen LogP contribution < -0.4 is 5.32 Å². The maximum atomic E-state index is 10.1. The Hall–Kier alpha value is -0.540. The van der Waals surface area contributed by atoms with Gasteiger partial charge in [-0.1, -0.05) is 6.07 Å². The molecule has 108 valence electrons. The van der Waals surface area contributed by atoms with Crippen LogP contribution >= 0.6 is 11.3 Å². The van der Waals surface area contributed by atoms with Crippen molar-refractivity contribution >= 4 is 11.3 Å². The van der Waals surface area contributed by atoms with Crippen LogP contribution in [0.3, 0.4) is 0 Å². The summed E-state index contributed by atoms with van der Waals surface area (Å²) in [5.74, 6) is 0. The fourth-order valence-corrected chi connectivity index (χ4v) is 2.81. The van der Waals surface area contributed by atoms with Crippen molar-refractivity contribution in [1.29, 1.82) is 0 Å². The lowest BCUT2D eigenvalue weighted by molar-refractivity contribution is -0.271. The molecule has 0 radical (unpaired) electrons. The van der Waals surface area contributed by atoms with Crippen LogP contribution in [0.15, 0.2) is 17.5 Å². The Morgan fingerprint density at radius 3 is 2.79 bits per heavy atom. The number of methoxy groups -OCH3 is 1. The molecule has 1 aromatic rings. The highest BCUT2D eigenvalue weighted by Crippen LogP contribution is 2.22. The molecule has 2 rings (SSSR count). The average molecular weight is 289 g/mol. The fraction of sp³-hybridized carbons (Fsp3) is 0.667. The van der Waals surface area contributed by atoms with Gasteiger partial charge in [-0.25, -0.2) is 0 Å². The lowest BCUT2D eigenvalue weighted by Gasteiger charge is -2.41. The van der Waals surface area contributed by atoms with Crippen LogP contribution in [0.25, 0.3) is 0 Å².